The van der Waals surface area contributed by atoms with Gasteiger partial charge in [0.1, 0.15) is 4.21 Å². The first-order chi connectivity index (χ1) is 15.8. The van der Waals surface area contributed by atoms with E-state index < -0.39 is 10.0 Å². The maximum Gasteiger partial charge on any atom is 0.271 e. The molecule has 1 aliphatic rings. The summed E-state index contributed by atoms with van der Waals surface area (Å²) in [5, 5.41) is 7.63. The van der Waals surface area contributed by atoms with Crippen LogP contribution in [-0.2, 0) is 19.6 Å². The number of hydrogen-bond donors (Lipinski definition) is 3. The minimum Gasteiger partial charge on any atom is -0.383 e. The lowest BCUT2D eigenvalue weighted by Gasteiger charge is -2.31. The molecule has 3 N–H and O–H groups in total. The van der Waals surface area contributed by atoms with Crippen molar-refractivity contribution in [3.8, 4) is 0 Å². The normalized spacial score (nSPS) is 14.1. The van der Waals surface area contributed by atoms with Crippen LogP contribution in [0.25, 0.3) is 0 Å². The maximum atomic E-state index is 13.0. The van der Waals surface area contributed by atoms with E-state index in [0.29, 0.717) is 37.6 Å². The first-order valence-electron chi connectivity index (χ1n) is 10.5. The number of benzene rings is 1. The van der Waals surface area contributed by atoms with Crippen LogP contribution in [0.4, 0.5) is 11.4 Å². The number of thiophene rings is 1. The van der Waals surface area contributed by atoms with E-state index in [0.717, 1.165) is 24.4 Å². The number of sulfonamides is 1. The summed E-state index contributed by atoms with van der Waals surface area (Å²) in [5.41, 5.74) is 1.31. The molecule has 0 spiro atoms. The van der Waals surface area contributed by atoms with Gasteiger partial charge in [-0.1, -0.05) is 6.07 Å². The molecule has 0 atom stereocenters. The van der Waals surface area contributed by atoms with Crippen LogP contribution in [0.1, 0.15) is 10.4 Å². The van der Waals surface area contributed by atoms with Gasteiger partial charge in [0, 0.05) is 52.4 Å². The topological polar surface area (TPSA) is 120 Å². The smallest absolute Gasteiger partial charge is 0.271 e. The standard InChI is InChI=1S/C21H29N5O5S2/c1-25(15-19(27)23-9-12-31-2)21(28)16-5-6-18(26-10-7-22-8-11-26)17(14-16)24-33(29,30)20-4-3-13-32-20/h3-6,13-14,22,24H,7-12,15H2,1-2H3,(H,23,27). The molecule has 1 aromatic heterocycles. The highest BCUT2D eigenvalue weighted by molar-refractivity contribution is 7.94. The highest BCUT2D eigenvalue weighted by atomic mass is 32.2. The number of rotatable bonds is 10. The van der Waals surface area contributed by atoms with Crippen molar-refractivity contribution in [3.63, 3.8) is 0 Å². The quantitative estimate of drug-likeness (QED) is 0.417. The van der Waals surface area contributed by atoms with E-state index >= 15 is 0 Å². The van der Waals surface area contributed by atoms with Gasteiger partial charge in [0.25, 0.3) is 15.9 Å². The monoisotopic (exact) mass is 495 g/mol. The van der Waals surface area contributed by atoms with Gasteiger partial charge in [-0.15, -0.1) is 11.3 Å². The molecule has 12 heteroatoms. The lowest BCUT2D eigenvalue weighted by atomic mass is 10.1. The Hall–Kier alpha value is -2.67. The van der Waals surface area contributed by atoms with Crippen molar-refractivity contribution in [2.45, 2.75) is 4.21 Å². The molecule has 2 aromatic rings. The average Bonchev–Trinajstić information content (AvgIpc) is 3.35. The Morgan fingerprint density at radius 1 is 1.24 bits per heavy atom. The molecule has 0 bridgehead atoms. The predicted octanol–water partition coefficient (Wildman–Crippen LogP) is 0.793. The van der Waals surface area contributed by atoms with E-state index in [-0.39, 0.29) is 28.1 Å². The third kappa shape index (κ3) is 6.67. The van der Waals surface area contributed by atoms with Gasteiger partial charge in [-0.3, -0.25) is 14.3 Å². The highest BCUT2D eigenvalue weighted by Gasteiger charge is 2.23. The lowest BCUT2D eigenvalue weighted by Crippen LogP contribution is -2.44. The van der Waals surface area contributed by atoms with Gasteiger partial charge in [-0.25, -0.2) is 8.42 Å². The van der Waals surface area contributed by atoms with Crippen LogP contribution in [0.3, 0.4) is 0 Å². The summed E-state index contributed by atoms with van der Waals surface area (Å²) in [6, 6.07) is 8.13. The van der Waals surface area contributed by atoms with Crippen LogP contribution >= 0.6 is 11.3 Å². The molecular weight excluding hydrogens is 466 g/mol. The molecule has 2 amide bonds. The number of anilines is 2. The van der Waals surface area contributed by atoms with Crippen LogP contribution in [-0.4, -0.2) is 85.2 Å². The minimum absolute atomic E-state index is 0.127. The molecule has 0 unspecified atom stereocenters. The van der Waals surface area contributed by atoms with Crippen LogP contribution in [0.2, 0.25) is 0 Å². The number of hydrogen-bond acceptors (Lipinski definition) is 8. The van der Waals surface area contributed by atoms with E-state index in [4.69, 9.17) is 4.74 Å². The molecule has 1 aliphatic heterocycles. The molecule has 1 saturated heterocycles. The Bertz CT molecular complexity index is 1050. The second-order valence-electron chi connectivity index (χ2n) is 7.51. The van der Waals surface area contributed by atoms with E-state index in [1.165, 1.54) is 31.2 Å². The van der Waals surface area contributed by atoms with Crippen molar-refractivity contribution in [2.24, 2.45) is 0 Å². The number of likely N-dealkylation sites (N-methyl/N-ethyl adjacent to an activating group) is 1. The van der Waals surface area contributed by atoms with Gasteiger partial charge < -0.3 is 25.2 Å². The number of nitrogens with zero attached hydrogens (tertiary/aromatic N) is 2. The number of carbonyl (C=O) groups excluding carboxylic acids is 2. The van der Waals surface area contributed by atoms with Crippen molar-refractivity contribution in [3.05, 3.63) is 41.3 Å². The Kier molecular flexibility index (Phi) is 8.67. The zero-order valence-corrected chi connectivity index (χ0v) is 20.3. The van der Waals surface area contributed by atoms with Crippen LogP contribution in [0.5, 0.6) is 0 Å². The molecule has 2 heterocycles. The van der Waals surface area contributed by atoms with Crippen molar-refractivity contribution in [2.75, 3.05) is 69.7 Å². The molecular formula is C21H29N5O5S2. The fourth-order valence-electron chi connectivity index (χ4n) is 3.40. The van der Waals surface area contributed by atoms with Gasteiger partial charge in [-0.2, -0.15) is 0 Å². The van der Waals surface area contributed by atoms with Gasteiger partial charge in [0.15, 0.2) is 0 Å². The van der Waals surface area contributed by atoms with E-state index in [1.807, 2.05) is 0 Å². The third-order valence-corrected chi connectivity index (χ3v) is 7.82. The Morgan fingerprint density at radius 2 is 2.00 bits per heavy atom. The van der Waals surface area contributed by atoms with Crippen LogP contribution in [0, 0.1) is 0 Å². The second kappa shape index (κ2) is 11.5. The van der Waals surface area contributed by atoms with Crippen LogP contribution in [0.15, 0.2) is 39.9 Å². The molecule has 180 valence electrons. The summed E-state index contributed by atoms with van der Waals surface area (Å²) in [7, 11) is -0.737. The lowest BCUT2D eigenvalue weighted by molar-refractivity contribution is -0.121. The number of carbonyl (C=O) groups is 2. The zero-order chi connectivity index (χ0) is 23.8. The predicted molar refractivity (Wildman–Crippen MR) is 128 cm³/mol. The number of ether oxygens (including phenoxy) is 1. The van der Waals surface area contributed by atoms with Crippen LogP contribution < -0.4 is 20.3 Å². The summed E-state index contributed by atoms with van der Waals surface area (Å²) in [6.07, 6.45) is 0. The number of piperazine rings is 1. The minimum atomic E-state index is -3.80. The summed E-state index contributed by atoms with van der Waals surface area (Å²) in [4.78, 5) is 28.4. The Labute approximate surface area is 198 Å². The van der Waals surface area contributed by atoms with Gasteiger partial charge >= 0.3 is 0 Å². The first kappa shape index (κ1) is 25.0. The number of nitrogens with one attached hydrogen (secondary N) is 3. The maximum absolute atomic E-state index is 13.0. The molecule has 10 nitrogen and oxygen atoms in total. The second-order valence-corrected chi connectivity index (χ2v) is 10.4. The fourth-order valence-corrected chi connectivity index (χ4v) is 5.46. The van der Waals surface area contributed by atoms with E-state index in [1.54, 1.807) is 23.6 Å². The van der Waals surface area contributed by atoms with Crippen molar-refractivity contribution in [1.29, 1.82) is 0 Å². The van der Waals surface area contributed by atoms with E-state index in [2.05, 4.69) is 20.3 Å². The molecule has 33 heavy (non-hydrogen) atoms. The summed E-state index contributed by atoms with van der Waals surface area (Å²) in [6.45, 7) is 3.58. The molecule has 0 saturated carbocycles. The largest absolute Gasteiger partial charge is 0.383 e. The van der Waals surface area contributed by atoms with Crippen molar-refractivity contribution >= 4 is 44.5 Å². The molecule has 1 fully saturated rings. The van der Waals surface area contributed by atoms with Gasteiger partial charge in [0.05, 0.1) is 24.5 Å². The van der Waals surface area contributed by atoms with Gasteiger partial charge in [-0.05, 0) is 29.6 Å². The SMILES string of the molecule is COCCNC(=O)CN(C)C(=O)c1ccc(N2CCNCC2)c(NS(=O)(=O)c2cccs2)c1. The molecule has 1 aromatic carbocycles. The fraction of sp³-hybridized carbons (Fsp3) is 0.429. The summed E-state index contributed by atoms with van der Waals surface area (Å²) >= 11 is 1.12. The molecule has 0 aliphatic carbocycles. The Balaban J connectivity index is 1.83. The van der Waals surface area contributed by atoms with Gasteiger partial charge in [0.2, 0.25) is 5.91 Å². The highest BCUT2D eigenvalue weighted by Crippen LogP contribution is 2.31. The third-order valence-electron chi connectivity index (χ3n) is 5.06. The van der Waals surface area contributed by atoms with Crippen molar-refractivity contribution < 1.29 is 22.7 Å². The Morgan fingerprint density at radius 3 is 2.67 bits per heavy atom. The average molecular weight is 496 g/mol. The summed E-state index contributed by atoms with van der Waals surface area (Å²) in [5.74, 6) is -0.695. The van der Waals surface area contributed by atoms with E-state index in [9.17, 15) is 18.0 Å². The van der Waals surface area contributed by atoms with Crippen molar-refractivity contribution in [1.82, 2.24) is 15.5 Å². The molecule has 3 rings (SSSR count). The summed E-state index contributed by atoms with van der Waals surface area (Å²) < 4.78 is 33.5. The number of amides is 2. The first-order valence-corrected chi connectivity index (χ1v) is 12.9. The number of methoxy groups -OCH3 is 1. The zero-order valence-electron chi connectivity index (χ0n) is 18.7. The molecule has 0 radical (unpaired) electrons.